The van der Waals surface area contributed by atoms with Crippen molar-refractivity contribution < 1.29 is 9.05 Å². The van der Waals surface area contributed by atoms with Gasteiger partial charge in [-0.05, 0) is 33.2 Å². The molecule has 0 aliphatic carbocycles. The number of rotatable bonds is 3. The van der Waals surface area contributed by atoms with Crippen molar-refractivity contribution in [2.45, 2.75) is 39.2 Å². The summed E-state index contributed by atoms with van der Waals surface area (Å²) in [6.07, 6.45) is 2.82. The Morgan fingerprint density at radius 1 is 1.28 bits per heavy atom. The second-order valence-electron chi connectivity index (χ2n) is 4.67. The van der Waals surface area contributed by atoms with Gasteiger partial charge >= 0.3 is 0 Å². The average molecular weight is 248 g/mol. The maximum Gasteiger partial charge on any atom is 0.231 e. The summed E-state index contributed by atoms with van der Waals surface area (Å²) in [5, 5.41) is 11.3. The van der Waals surface area contributed by atoms with E-state index in [4.69, 9.17) is 9.05 Å². The molecule has 1 N–H and O–H groups in total. The minimum Gasteiger partial charge on any atom is -0.361 e. The summed E-state index contributed by atoms with van der Waals surface area (Å²) in [6, 6.07) is 0.243. The predicted molar refractivity (Wildman–Crippen MR) is 63.1 cm³/mol. The van der Waals surface area contributed by atoms with E-state index in [9.17, 15) is 0 Å². The van der Waals surface area contributed by atoms with Crippen LogP contribution >= 0.6 is 0 Å². The predicted octanol–water partition coefficient (Wildman–Crippen LogP) is 1.69. The van der Waals surface area contributed by atoms with Crippen molar-refractivity contribution in [1.82, 2.24) is 20.6 Å². The summed E-state index contributed by atoms with van der Waals surface area (Å²) in [5.74, 6) is 2.19. The van der Waals surface area contributed by atoms with Crippen LogP contribution in [0.3, 0.4) is 0 Å². The molecule has 0 spiro atoms. The number of aryl methyl sites for hydroxylation is 2. The van der Waals surface area contributed by atoms with Crippen LogP contribution in [0.2, 0.25) is 0 Å². The first-order chi connectivity index (χ1) is 8.74. The highest BCUT2D eigenvalue weighted by atomic mass is 16.5. The molecule has 3 rings (SSSR count). The third-order valence-electron chi connectivity index (χ3n) is 3.37. The lowest BCUT2D eigenvalue weighted by Crippen LogP contribution is -2.14. The van der Waals surface area contributed by atoms with Gasteiger partial charge in [0, 0.05) is 5.56 Å². The van der Waals surface area contributed by atoms with E-state index in [0.29, 0.717) is 12.3 Å². The molecule has 6 heteroatoms. The Hall–Kier alpha value is -1.69. The van der Waals surface area contributed by atoms with Crippen LogP contribution in [0, 0.1) is 13.8 Å². The maximum absolute atomic E-state index is 5.29. The van der Waals surface area contributed by atoms with Crippen molar-refractivity contribution in [2.75, 3.05) is 6.54 Å². The second kappa shape index (κ2) is 4.53. The Morgan fingerprint density at radius 2 is 2.17 bits per heavy atom. The zero-order valence-electron chi connectivity index (χ0n) is 10.6. The van der Waals surface area contributed by atoms with Crippen LogP contribution in [0.4, 0.5) is 0 Å². The van der Waals surface area contributed by atoms with Crippen molar-refractivity contribution >= 4 is 0 Å². The zero-order chi connectivity index (χ0) is 12.5. The molecular formula is C12H16N4O2. The van der Waals surface area contributed by atoms with Crippen LogP contribution in [0.1, 0.15) is 47.6 Å². The molecule has 0 saturated carbocycles. The number of nitrogens with zero attached hydrogens (tertiary/aromatic N) is 3. The largest absolute Gasteiger partial charge is 0.361 e. The molecule has 0 unspecified atom stereocenters. The van der Waals surface area contributed by atoms with Crippen LogP contribution in [0.25, 0.3) is 0 Å². The third-order valence-corrected chi connectivity index (χ3v) is 3.37. The average Bonchev–Trinajstić information content (AvgIpc) is 3.06. The third kappa shape index (κ3) is 2.03. The Morgan fingerprint density at radius 3 is 2.83 bits per heavy atom. The molecule has 0 radical (unpaired) electrons. The van der Waals surface area contributed by atoms with Gasteiger partial charge in [-0.15, -0.1) is 0 Å². The smallest absolute Gasteiger partial charge is 0.231 e. The Balaban J connectivity index is 1.77. The molecule has 2 aromatic heterocycles. The first-order valence-electron chi connectivity index (χ1n) is 6.21. The Kier molecular flexibility index (Phi) is 2.87. The topological polar surface area (TPSA) is 77.0 Å². The molecular weight excluding hydrogens is 232 g/mol. The van der Waals surface area contributed by atoms with Gasteiger partial charge in [0.05, 0.1) is 18.2 Å². The summed E-state index contributed by atoms with van der Waals surface area (Å²) in [7, 11) is 0. The van der Waals surface area contributed by atoms with Gasteiger partial charge in [0.2, 0.25) is 5.89 Å². The fourth-order valence-corrected chi connectivity index (χ4v) is 2.29. The lowest BCUT2D eigenvalue weighted by molar-refractivity contribution is 0.371. The first-order valence-corrected chi connectivity index (χ1v) is 6.21. The zero-order valence-corrected chi connectivity index (χ0v) is 10.6. The highest BCUT2D eigenvalue weighted by Crippen LogP contribution is 2.22. The van der Waals surface area contributed by atoms with E-state index >= 15 is 0 Å². The van der Waals surface area contributed by atoms with E-state index in [1.807, 2.05) is 13.8 Å². The van der Waals surface area contributed by atoms with Gasteiger partial charge in [0.15, 0.2) is 5.82 Å². The summed E-state index contributed by atoms with van der Waals surface area (Å²) < 4.78 is 10.4. The van der Waals surface area contributed by atoms with E-state index in [1.54, 1.807) is 0 Å². The standard InChI is InChI=1S/C12H16N4O2/c1-7-9(8(2)17-15-7)6-11-14-12(16-18-11)10-4-3-5-13-10/h10,13H,3-6H2,1-2H3/t10-/m0/s1. The highest BCUT2D eigenvalue weighted by Gasteiger charge is 2.22. The van der Waals surface area contributed by atoms with E-state index in [-0.39, 0.29) is 6.04 Å². The minimum atomic E-state index is 0.243. The molecule has 6 nitrogen and oxygen atoms in total. The molecule has 1 aliphatic rings. The molecule has 1 fully saturated rings. The number of hydrogen-bond donors (Lipinski definition) is 1. The molecule has 1 saturated heterocycles. The van der Waals surface area contributed by atoms with Gasteiger partial charge in [0.25, 0.3) is 0 Å². The normalized spacial score (nSPS) is 19.6. The molecule has 0 bridgehead atoms. The Bertz CT molecular complexity index is 521. The van der Waals surface area contributed by atoms with E-state index < -0.39 is 0 Å². The van der Waals surface area contributed by atoms with Crippen molar-refractivity contribution in [3.63, 3.8) is 0 Å². The van der Waals surface area contributed by atoms with Crippen LogP contribution < -0.4 is 5.32 Å². The molecule has 18 heavy (non-hydrogen) atoms. The van der Waals surface area contributed by atoms with Crippen LogP contribution in [0.15, 0.2) is 9.05 Å². The van der Waals surface area contributed by atoms with E-state index in [0.717, 1.165) is 35.8 Å². The highest BCUT2D eigenvalue weighted by molar-refractivity contribution is 5.23. The lowest BCUT2D eigenvalue weighted by atomic mass is 10.1. The van der Waals surface area contributed by atoms with Crippen LogP contribution in [-0.4, -0.2) is 21.8 Å². The van der Waals surface area contributed by atoms with Gasteiger partial charge in [-0.1, -0.05) is 10.3 Å². The Labute approximate surface area is 105 Å². The van der Waals surface area contributed by atoms with Crippen LogP contribution in [0.5, 0.6) is 0 Å². The minimum absolute atomic E-state index is 0.243. The quantitative estimate of drug-likeness (QED) is 0.890. The lowest BCUT2D eigenvalue weighted by Gasteiger charge is -2.01. The molecule has 0 aromatic carbocycles. The molecule has 1 aliphatic heterocycles. The monoisotopic (exact) mass is 248 g/mol. The van der Waals surface area contributed by atoms with Gasteiger partial charge in [-0.25, -0.2) is 0 Å². The molecule has 96 valence electrons. The van der Waals surface area contributed by atoms with Gasteiger partial charge < -0.3 is 14.4 Å². The van der Waals surface area contributed by atoms with Gasteiger partial charge in [-0.2, -0.15) is 4.98 Å². The SMILES string of the molecule is Cc1noc(C)c1Cc1nc([C@@H]2CCCN2)no1. The van der Waals surface area contributed by atoms with Crippen LogP contribution in [-0.2, 0) is 6.42 Å². The summed E-state index contributed by atoms with van der Waals surface area (Å²) >= 11 is 0. The summed E-state index contributed by atoms with van der Waals surface area (Å²) in [4.78, 5) is 4.44. The summed E-state index contributed by atoms with van der Waals surface area (Å²) in [6.45, 7) is 4.84. The molecule has 2 aromatic rings. The number of aromatic nitrogens is 3. The molecule has 0 amide bonds. The van der Waals surface area contributed by atoms with Gasteiger partial charge in [0.1, 0.15) is 5.76 Å². The van der Waals surface area contributed by atoms with E-state index in [2.05, 4.69) is 20.6 Å². The fourth-order valence-electron chi connectivity index (χ4n) is 2.29. The number of hydrogen-bond acceptors (Lipinski definition) is 6. The van der Waals surface area contributed by atoms with Crippen molar-refractivity contribution in [1.29, 1.82) is 0 Å². The summed E-state index contributed by atoms with van der Waals surface area (Å²) in [5.41, 5.74) is 1.91. The molecule has 3 heterocycles. The molecule has 1 atom stereocenters. The van der Waals surface area contributed by atoms with Crippen molar-refractivity contribution in [3.8, 4) is 0 Å². The second-order valence-corrected chi connectivity index (χ2v) is 4.67. The van der Waals surface area contributed by atoms with E-state index in [1.165, 1.54) is 6.42 Å². The number of nitrogens with one attached hydrogen (secondary N) is 1. The van der Waals surface area contributed by atoms with Crippen molar-refractivity contribution in [3.05, 3.63) is 28.7 Å². The fraction of sp³-hybridized carbons (Fsp3) is 0.583. The van der Waals surface area contributed by atoms with Gasteiger partial charge in [-0.3, -0.25) is 0 Å². The first kappa shape index (κ1) is 11.4. The maximum atomic E-state index is 5.29. The van der Waals surface area contributed by atoms with Crippen molar-refractivity contribution in [2.24, 2.45) is 0 Å².